The van der Waals surface area contributed by atoms with Gasteiger partial charge in [-0.2, -0.15) is 0 Å². The summed E-state index contributed by atoms with van der Waals surface area (Å²) in [5.41, 5.74) is 0.669. The van der Waals surface area contributed by atoms with E-state index < -0.39 is 6.10 Å². The van der Waals surface area contributed by atoms with Crippen LogP contribution in [0.2, 0.25) is 0 Å². The molecule has 6 nitrogen and oxygen atoms in total. The molecule has 0 radical (unpaired) electrons. The van der Waals surface area contributed by atoms with Crippen LogP contribution in [0.5, 0.6) is 11.5 Å². The SMILES string of the molecule is COc1cc2ncn(C[C@@H](O)c3ccc(F)cc3)c(=O)c2cc1OC. The molecular weight excluding hydrogens is 327 g/mol. The Morgan fingerprint density at radius 3 is 2.44 bits per heavy atom. The number of methoxy groups -OCH3 is 2. The van der Waals surface area contributed by atoms with Crippen LogP contribution in [0.1, 0.15) is 11.7 Å². The van der Waals surface area contributed by atoms with Crippen LogP contribution in [-0.2, 0) is 6.54 Å². The number of hydrogen-bond acceptors (Lipinski definition) is 5. The van der Waals surface area contributed by atoms with Crippen molar-refractivity contribution in [2.24, 2.45) is 0 Å². The second-order valence-electron chi connectivity index (χ2n) is 5.49. The van der Waals surface area contributed by atoms with E-state index in [-0.39, 0.29) is 17.9 Å². The van der Waals surface area contributed by atoms with Gasteiger partial charge in [0.05, 0.1) is 44.1 Å². The summed E-state index contributed by atoms with van der Waals surface area (Å²) in [4.78, 5) is 16.9. The molecule has 0 bridgehead atoms. The van der Waals surface area contributed by atoms with Gasteiger partial charge in [0.15, 0.2) is 11.5 Å². The Hall–Kier alpha value is -2.93. The second kappa shape index (κ2) is 6.90. The molecule has 0 saturated heterocycles. The topological polar surface area (TPSA) is 73.6 Å². The van der Waals surface area contributed by atoms with Crippen molar-refractivity contribution < 1.29 is 19.0 Å². The molecular formula is C18H17FN2O4. The Morgan fingerprint density at radius 1 is 1.16 bits per heavy atom. The third-order valence-electron chi connectivity index (χ3n) is 3.95. The number of nitrogens with zero attached hydrogens (tertiary/aromatic N) is 2. The average molecular weight is 344 g/mol. The minimum absolute atomic E-state index is 0.00174. The summed E-state index contributed by atoms with van der Waals surface area (Å²) in [6.07, 6.45) is 0.404. The molecule has 2 aromatic carbocycles. The van der Waals surface area contributed by atoms with Gasteiger partial charge in [-0.25, -0.2) is 9.37 Å². The van der Waals surface area contributed by atoms with Crippen LogP contribution in [0.25, 0.3) is 10.9 Å². The second-order valence-corrected chi connectivity index (χ2v) is 5.49. The number of aromatic nitrogens is 2. The zero-order valence-corrected chi connectivity index (χ0v) is 13.8. The molecule has 1 aromatic heterocycles. The number of aliphatic hydroxyl groups excluding tert-OH is 1. The van der Waals surface area contributed by atoms with Crippen molar-refractivity contribution in [3.05, 3.63) is 64.5 Å². The third-order valence-corrected chi connectivity index (χ3v) is 3.95. The lowest BCUT2D eigenvalue weighted by Crippen LogP contribution is -2.23. The van der Waals surface area contributed by atoms with Crippen LogP contribution in [0.3, 0.4) is 0 Å². The first-order chi connectivity index (χ1) is 12.0. The van der Waals surface area contributed by atoms with Gasteiger partial charge in [0.2, 0.25) is 0 Å². The van der Waals surface area contributed by atoms with Crippen molar-refractivity contribution in [3.63, 3.8) is 0 Å². The van der Waals surface area contributed by atoms with Gasteiger partial charge in [-0.05, 0) is 23.8 Å². The summed E-state index contributed by atoms with van der Waals surface area (Å²) >= 11 is 0. The maximum atomic E-state index is 13.0. The Labute approximate surface area is 143 Å². The Bertz CT molecular complexity index is 954. The molecule has 0 unspecified atom stereocenters. The van der Waals surface area contributed by atoms with E-state index in [0.717, 1.165) is 0 Å². The number of ether oxygens (including phenoxy) is 2. The highest BCUT2D eigenvalue weighted by atomic mass is 19.1. The maximum Gasteiger partial charge on any atom is 0.261 e. The van der Waals surface area contributed by atoms with Crippen LogP contribution in [-0.4, -0.2) is 28.9 Å². The van der Waals surface area contributed by atoms with Gasteiger partial charge >= 0.3 is 0 Å². The van der Waals surface area contributed by atoms with Crippen LogP contribution >= 0.6 is 0 Å². The summed E-state index contributed by atoms with van der Waals surface area (Å²) in [6.45, 7) is 0.00174. The number of benzene rings is 2. The largest absolute Gasteiger partial charge is 0.493 e. The van der Waals surface area contributed by atoms with Crippen molar-refractivity contribution in [1.82, 2.24) is 9.55 Å². The minimum Gasteiger partial charge on any atom is -0.493 e. The van der Waals surface area contributed by atoms with Crippen molar-refractivity contribution in [2.45, 2.75) is 12.6 Å². The molecule has 0 aliphatic heterocycles. The Morgan fingerprint density at radius 2 is 1.80 bits per heavy atom. The van der Waals surface area contributed by atoms with E-state index in [0.29, 0.717) is 28.0 Å². The fraction of sp³-hybridized carbons (Fsp3) is 0.222. The van der Waals surface area contributed by atoms with Gasteiger partial charge in [-0.3, -0.25) is 9.36 Å². The molecule has 3 rings (SSSR count). The predicted molar refractivity (Wildman–Crippen MR) is 90.5 cm³/mol. The van der Waals surface area contributed by atoms with E-state index in [4.69, 9.17) is 9.47 Å². The highest BCUT2D eigenvalue weighted by molar-refractivity contribution is 5.81. The molecule has 1 N–H and O–H groups in total. The van der Waals surface area contributed by atoms with Gasteiger partial charge in [0.1, 0.15) is 5.82 Å². The van der Waals surface area contributed by atoms with Crippen LogP contribution in [0, 0.1) is 5.82 Å². The molecule has 0 fully saturated rings. The highest BCUT2D eigenvalue weighted by Crippen LogP contribution is 2.29. The van der Waals surface area contributed by atoms with E-state index in [2.05, 4.69) is 4.98 Å². The molecule has 7 heteroatoms. The van der Waals surface area contributed by atoms with Crippen LogP contribution in [0.15, 0.2) is 47.5 Å². The molecule has 1 atom stereocenters. The molecule has 130 valence electrons. The number of hydrogen-bond donors (Lipinski definition) is 1. The van der Waals surface area contributed by atoms with Gasteiger partial charge in [0, 0.05) is 6.07 Å². The number of fused-ring (bicyclic) bond motifs is 1. The van der Waals surface area contributed by atoms with E-state index >= 15 is 0 Å². The Balaban J connectivity index is 1.98. The maximum absolute atomic E-state index is 13.0. The molecule has 0 aliphatic rings. The molecule has 0 aliphatic carbocycles. The summed E-state index contributed by atoms with van der Waals surface area (Å²) in [5, 5.41) is 10.6. The summed E-state index contributed by atoms with van der Waals surface area (Å²) < 4.78 is 24.7. The minimum atomic E-state index is -0.960. The smallest absolute Gasteiger partial charge is 0.261 e. The van der Waals surface area contributed by atoms with Gasteiger partial charge in [-0.15, -0.1) is 0 Å². The molecule has 25 heavy (non-hydrogen) atoms. The predicted octanol–water partition coefficient (Wildman–Crippen LogP) is 2.29. The zero-order chi connectivity index (χ0) is 18.0. The summed E-state index contributed by atoms with van der Waals surface area (Å²) in [5.74, 6) is 0.512. The van der Waals surface area contributed by atoms with Crippen LogP contribution in [0.4, 0.5) is 4.39 Å². The quantitative estimate of drug-likeness (QED) is 0.769. The monoisotopic (exact) mass is 344 g/mol. The van der Waals surface area contributed by atoms with Crippen LogP contribution < -0.4 is 15.0 Å². The first kappa shape index (κ1) is 16.9. The standard InChI is InChI=1S/C18H17FN2O4/c1-24-16-7-13-14(8-17(16)25-2)20-10-21(18(13)23)9-15(22)11-3-5-12(19)6-4-11/h3-8,10,15,22H,9H2,1-2H3/t15-/m1/s1. The van der Waals surface area contributed by atoms with Crippen molar-refractivity contribution >= 4 is 10.9 Å². The molecule has 0 spiro atoms. The lowest BCUT2D eigenvalue weighted by molar-refractivity contribution is 0.155. The number of rotatable bonds is 5. The van der Waals surface area contributed by atoms with Gasteiger partial charge in [-0.1, -0.05) is 12.1 Å². The summed E-state index contributed by atoms with van der Waals surface area (Å²) in [7, 11) is 2.99. The van der Waals surface area contributed by atoms with Crippen molar-refractivity contribution in [3.8, 4) is 11.5 Å². The van der Waals surface area contributed by atoms with Crippen molar-refractivity contribution in [1.29, 1.82) is 0 Å². The molecule has 0 amide bonds. The highest BCUT2D eigenvalue weighted by Gasteiger charge is 2.14. The zero-order valence-electron chi connectivity index (χ0n) is 13.8. The van der Waals surface area contributed by atoms with Gasteiger partial charge in [0.25, 0.3) is 5.56 Å². The Kier molecular flexibility index (Phi) is 4.67. The fourth-order valence-electron chi connectivity index (χ4n) is 2.59. The molecule has 1 heterocycles. The lowest BCUT2D eigenvalue weighted by Gasteiger charge is -2.14. The third kappa shape index (κ3) is 3.32. The first-order valence-electron chi connectivity index (χ1n) is 7.58. The van der Waals surface area contributed by atoms with E-state index in [1.165, 1.54) is 49.4 Å². The van der Waals surface area contributed by atoms with E-state index in [9.17, 15) is 14.3 Å². The average Bonchev–Trinajstić information content (AvgIpc) is 2.63. The molecule has 0 saturated carbocycles. The lowest BCUT2D eigenvalue weighted by atomic mass is 10.1. The van der Waals surface area contributed by atoms with Gasteiger partial charge < -0.3 is 14.6 Å². The van der Waals surface area contributed by atoms with Crippen molar-refractivity contribution in [2.75, 3.05) is 14.2 Å². The van der Waals surface area contributed by atoms with E-state index in [1.807, 2.05) is 0 Å². The number of halogens is 1. The summed E-state index contributed by atoms with van der Waals surface area (Å²) in [6, 6.07) is 8.66. The normalized spacial score (nSPS) is 12.2. The molecule has 3 aromatic rings. The fourth-order valence-corrected chi connectivity index (χ4v) is 2.59. The first-order valence-corrected chi connectivity index (χ1v) is 7.58. The number of aliphatic hydroxyl groups is 1. The van der Waals surface area contributed by atoms with E-state index in [1.54, 1.807) is 12.1 Å².